The van der Waals surface area contributed by atoms with Crippen molar-refractivity contribution in [1.29, 1.82) is 0 Å². The summed E-state index contributed by atoms with van der Waals surface area (Å²) in [5.74, 6) is 0.515. The van der Waals surface area contributed by atoms with Gasteiger partial charge in [-0.25, -0.2) is 9.67 Å². The number of anilines is 2. The van der Waals surface area contributed by atoms with Crippen molar-refractivity contribution in [2.75, 3.05) is 22.9 Å². The van der Waals surface area contributed by atoms with Gasteiger partial charge in [0.25, 0.3) is 5.91 Å². The number of H-pyrrole nitrogens is 1. The summed E-state index contributed by atoms with van der Waals surface area (Å²) in [7, 11) is 0. The van der Waals surface area contributed by atoms with E-state index in [1.54, 1.807) is 21.7 Å². The summed E-state index contributed by atoms with van der Waals surface area (Å²) in [6, 6.07) is 14.8. The Morgan fingerprint density at radius 3 is 2.23 bits per heavy atom. The molecule has 2 aromatic heterocycles. The fraction of sp³-hybridized carbons (Fsp3) is 0.240. The summed E-state index contributed by atoms with van der Waals surface area (Å²) in [4.78, 5) is 34.0. The number of hydrogen-bond donors (Lipinski definition) is 1. The third-order valence-corrected chi connectivity index (χ3v) is 6.78. The molecule has 1 fully saturated rings. The topological polar surface area (TPSA) is 100 Å². The molecule has 0 saturated carbocycles. The second kappa shape index (κ2) is 8.66. The lowest BCUT2D eigenvalue weighted by Crippen LogP contribution is -2.39. The largest absolute Gasteiger partial charge is 0.312 e. The van der Waals surface area contributed by atoms with Crippen LogP contribution in [0.2, 0.25) is 5.02 Å². The monoisotopic (exact) mass is 487 g/mol. The van der Waals surface area contributed by atoms with E-state index in [1.165, 1.54) is 6.33 Å². The molecule has 1 saturated heterocycles. The molecule has 2 aromatic carbocycles. The van der Waals surface area contributed by atoms with Crippen molar-refractivity contribution in [1.82, 2.24) is 25.0 Å². The van der Waals surface area contributed by atoms with E-state index in [9.17, 15) is 9.59 Å². The minimum atomic E-state index is -0.152. The van der Waals surface area contributed by atoms with Gasteiger partial charge in [-0.2, -0.15) is 10.2 Å². The van der Waals surface area contributed by atoms with Crippen LogP contribution in [0.25, 0.3) is 17.2 Å². The molecule has 176 valence electrons. The number of aromatic amines is 1. The van der Waals surface area contributed by atoms with E-state index in [0.29, 0.717) is 41.6 Å². The molecule has 2 aliphatic rings. The number of carbonyl (C=O) groups excluding carboxylic acids is 2. The lowest BCUT2D eigenvalue weighted by molar-refractivity contribution is -0.119. The second-order valence-corrected chi connectivity index (χ2v) is 9.06. The molecule has 0 unspecified atom stereocenters. The standard InChI is InChI=1S/C25H22ClN7O2/c26-16-4-6-19(7-5-16)33-23-20(22(30-33)24-27-15-28-29-24)12-14-32(25(23)35)18-10-8-17(9-11-18)31-13-2-1-3-21(31)34/h4-11,15H,1-3,12-14H2,(H,27,28,29). The quantitative estimate of drug-likeness (QED) is 0.468. The van der Waals surface area contributed by atoms with Crippen molar-refractivity contribution >= 4 is 34.8 Å². The Balaban J connectivity index is 1.38. The van der Waals surface area contributed by atoms with Gasteiger partial charge in [0.05, 0.1) is 5.69 Å². The molecule has 35 heavy (non-hydrogen) atoms. The predicted octanol–water partition coefficient (Wildman–Crippen LogP) is 4.03. The van der Waals surface area contributed by atoms with Gasteiger partial charge in [-0.1, -0.05) is 11.6 Å². The Labute approximate surface area is 206 Å². The number of hydrogen-bond acceptors (Lipinski definition) is 5. The number of rotatable bonds is 4. The molecule has 10 heteroatoms. The minimum absolute atomic E-state index is 0.148. The number of nitrogens with one attached hydrogen (secondary N) is 1. The van der Waals surface area contributed by atoms with Gasteiger partial charge < -0.3 is 9.80 Å². The Kier molecular flexibility index (Phi) is 5.33. The van der Waals surface area contributed by atoms with E-state index >= 15 is 0 Å². The molecule has 2 amide bonds. The van der Waals surface area contributed by atoms with Crippen molar-refractivity contribution in [2.24, 2.45) is 0 Å². The van der Waals surface area contributed by atoms with Crippen LogP contribution in [-0.4, -0.2) is 49.9 Å². The van der Waals surface area contributed by atoms with Gasteiger partial charge in [-0.05, 0) is 67.8 Å². The highest BCUT2D eigenvalue weighted by Gasteiger charge is 2.34. The van der Waals surface area contributed by atoms with Crippen LogP contribution in [0.3, 0.4) is 0 Å². The summed E-state index contributed by atoms with van der Waals surface area (Å²) in [5, 5.41) is 12.2. The molecule has 0 spiro atoms. The van der Waals surface area contributed by atoms with E-state index in [0.717, 1.165) is 42.0 Å². The number of aromatic nitrogens is 5. The molecule has 9 nitrogen and oxygen atoms in total. The summed E-state index contributed by atoms with van der Waals surface area (Å²) in [6.07, 6.45) is 4.56. The molecule has 1 N–H and O–H groups in total. The highest BCUT2D eigenvalue weighted by molar-refractivity contribution is 6.30. The lowest BCUT2D eigenvalue weighted by atomic mass is 10.0. The van der Waals surface area contributed by atoms with Gasteiger partial charge >= 0.3 is 0 Å². The maximum atomic E-state index is 13.8. The number of piperidine rings is 1. The fourth-order valence-electron chi connectivity index (χ4n) is 4.78. The van der Waals surface area contributed by atoms with Crippen LogP contribution < -0.4 is 9.80 Å². The molecular formula is C25H22ClN7O2. The Bertz CT molecular complexity index is 1400. The smallest absolute Gasteiger partial charge is 0.277 e. The van der Waals surface area contributed by atoms with Gasteiger partial charge in [0, 0.05) is 41.5 Å². The summed E-state index contributed by atoms with van der Waals surface area (Å²) in [6.45, 7) is 1.23. The molecule has 0 atom stereocenters. The number of fused-ring (bicyclic) bond motifs is 1. The maximum absolute atomic E-state index is 13.8. The summed E-state index contributed by atoms with van der Waals surface area (Å²) in [5.41, 5.74) is 4.29. The van der Waals surface area contributed by atoms with E-state index < -0.39 is 0 Å². The predicted molar refractivity (Wildman–Crippen MR) is 132 cm³/mol. The Morgan fingerprint density at radius 2 is 1.54 bits per heavy atom. The zero-order valence-corrected chi connectivity index (χ0v) is 19.6. The van der Waals surface area contributed by atoms with Gasteiger partial charge in [-0.15, -0.1) is 0 Å². The number of carbonyl (C=O) groups is 2. The van der Waals surface area contributed by atoms with Crippen LogP contribution in [0.5, 0.6) is 0 Å². The molecular weight excluding hydrogens is 466 g/mol. The van der Waals surface area contributed by atoms with E-state index in [4.69, 9.17) is 16.7 Å². The first kappa shape index (κ1) is 21.5. The number of halogens is 1. The third kappa shape index (κ3) is 3.77. The Hall–Kier alpha value is -3.98. The summed E-state index contributed by atoms with van der Waals surface area (Å²) >= 11 is 6.09. The minimum Gasteiger partial charge on any atom is -0.312 e. The van der Waals surface area contributed by atoms with Crippen molar-refractivity contribution in [2.45, 2.75) is 25.7 Å². The van der Waals surface area contributed by atoms with Crippen LogP contribution in [0.4, 0.5) is 11.4 Å². The van der Waals surface area contributed by atoms with Gasteiger partial charge in [0.1, 0.15) is 17.7 Å². The third-order valence-electron chi connectivity index (χ3n) is 6.52. The van der Waals surface area contributed by atoms with Crippen LogP contribution in [0.1, 0.15) is 35.3 Å². The number of benzene rings is 2. The Morgan fingerprint density at radius 1 is 0.829 bits per heavy atom. The van der Waals surface area contributed by atoms with Crippen LogP contribution in [0.15, 0.2) is 54.9 Å². The molecule has 0 aliphatic carbocycles. The number of nitrogens with zero attached hydrogens (tertiary/aromatic N) is 6. The van der Waals surface area contributed by atoms with Crippen LogP contribution in [-0.2, 0) is 11.2 Å². The maximum Gasteiger partial charge on any atom is 0.277 e. The SMILES string of the molecule is O=C1CCCCN1c1ccc(N2CCc3c(-c4ncn[nH]4)nn(-c4ccc(Cl)cc4)c3C2=O)cc1. The first-order chi connectivity index (χ1) is 17.1. The second-order valence-electron chi connectivity index (χ2n) is 8.62. The van der Waals surface area contributed by atoms with Crippen LogP contribution >= 0.6 is 11.6 Å². The normalized spacial score (nSPS) is 16.0. The van der Waals surface area contributed by atoms with Gasteiger partial charge in [0.2, 0.25) is 5.91 Å². The highest BCUT2D eigenvalue weighted by atomic mass is 35.5. The van der Waals surface area contributed by atoms with E-state index in [-0.39, 0.29) is 11.8 Å². The molecule has 6 rings (SSSR count). The average molecular weight is 488 g/mol. The molecule has 2 aliphatic heterocycles. The van der Waals surface area contributed by atoms with Crippen molar-refractivity contribution in [3.63, 3.8) is 0 Å². The zero-order valence-electron chi connectivity index (χ0n) is 18.8. The summed E-state index contributed by atoms with van der Waals surface area (Å²) < 4.78 is 1.65. The van der Waals surface area contributed by atoms with Crippen LogP contribution in [0, 0.1) is 0 Å². The lowest BCUT2D eigenvalue weighted by Gasteiger charge is -2.29. The highest BCUT2D eigenvalue weighted by Crippen LogP contribution is 2.33. The van der Waals surface area contributed by atoms with Crippen molar-refractivity contribution < 1.29 is 9.59 Å². The zero-order chi connectivity index (χ0) is 23.9. The molecule has 0 radical (unpaired) electrons. The van der Waals surface area contributed by atoms with E-state index in [1.807, 2.05) is 41.3 Å². The van der Waals surface area contributed by atoms with Gasteiger partial charge in [-0.3, -0.25) is 14.7 Å². The first-order valence-corrected chi connectivity index (χ1v) is 11.9. The van der Waals surface area contributed by atoms with Crippen molar-refractivity contribution in [3.05, 3.63) is 71.1 Å². The molecule has 4 heterocycles. The number of amides is 2. The van der Waals surface area contributed by atoms with E-state index in [2.05, 4.69) is 15.2 Å². The molecule has 0 bridgehead atoms. The fourth-order valence-corrected chi connectivity index (χ4v) is 4.90. The molecule has 4 aromatic rings. The first-order valence-electron chi connectivity index (χ1n) is 11.6. The average Bonchev–Trinajstić information content (AvgIpc) is 3.54. The van der Waals surface area contributed by atoms with Gasteiger partial charge in [0.15, 0.2) is 5.82 Å². The van der Waals surface area contributed by atoms with Crippen molar-refractivity contribution in [3.8, 4) is 17.2 Å².